The molecule has 0 spiro atoms. The largest absolute Gasteiger partial charge is 0.492 e. The smallest absolute Gasteiger partial charge is 0.235 e. The van der Waals surface area contributed by atoms with Gasteiger partial charge in [-0.1, -0.05) is 41.7 Å². The van der Waals surface area contributed by atoms with Gasteiger partial charge in [0.25, 0.3) is 0 Å². The molecule has 6 nitrogen and oxygen atoms in total. The SMILES string of the molecule is CC[NH+]1CC[NH+]([C@@H](c2ccccc2)c2sc3nc(C)nn3c2O)CC1. The molecule has 25 heavy (non-hydrogen) atoms. The van der Waals surface area contributed by atoms with E-state index in [-0.39, 0.29) is 11.9 Å². The van der Waals surface area contributed by atoms with Gasteiger partial charge in [-0.25, -0.2) is 4.98 Å². The molecule has 2 aromatic heterocycles. The molecular formula is C18H25N5OS+2. The zero-order chi connectivity index (χ0) is 17.4. The number of aromatic hydroxyl groups is 1. The van der Waals surface area contributed by atoms with Crippen LogP contribution in [0.3, 0.4) is 0 Å². The number of rotatable bonds is 4. The van der Waals surface area contributed by atoms with Gasteiger partial charge in [0.1, 0.15) is 36.9 Å². The maximum atomic E-state index is 10.8. The quantitative estimate of drug-likeness (QED) is 0.599. The molecule has 1 aromatic carbocycles. The first-order valence-corrected chi connectivity index (χ1v) is 9.77. The first-order chi connectivity index (χ1) is 12.2. The van der Waals surface area contributed by atoms with Crippen LogP contribution in [0, 0.1) is 6.92 Å². The molecule has 1 saturated heterocycles. The minimum Gasteiger partial charge on any atom is -0.492 e. The molecule has 0 radical (unpaired) electrons. The molecule has 0 amide bonds. The zero-order valence-electron chi connectivity index (χ0n) is 14.7. The summed E-state index contributed by atoms with van der Waals surface area (Å²) in [6, 6.07) is 10.7. The Balaban J connectivity index is 1.74. The van der Waals surface area contributed by atoms with E-state index in [4.69, 9.17) is 0 Å². The highest BCUT2D eigenvalue weighted by molar-refractivity contribution is 7.17. The molecule has 3 aromatic rings. The topological polar surface area (TPSA) is 59.3 Å². The number of aromatic nitrogens is 3. The highest BCUT2D eigenvalue weighted by Gasteiger charge is 2.35. The van der Waals surface area contributed by atoms with Gasteiger partial charge in [0, 0.05) is 5.56 Å². The molecule has 132 valence electrons. The van der Waals surface area contributed by atoms with E-state index >= 15 is 0 Å². The van der Waals surface area contributed by atoms with Crippen molar-refractivity contribution in [1.29, 1.82) is 0 Å². The Kier molecular flexibility index (Phi) is 4.45. The van der Waals surface area contributed by atoms with E-state index in [1.807, 2.05) is 13.0 Å². The third kappa shape index (κ3) is 3.03. The molecule has 3 heterocycles. The first-order valence-electron chi connectivity index (χ1n) is 8.95. The van der Waals surface area contributed by atoms with Crippen LogP contribution in [0.5, 0.6) is 5.88 Å². The van der Waals surface area contributed by atoms with Gasteiger partial charge >= 0.3 is 0 Å². The summed E-state index contributed by atoms with van der Waals surface area (Å²) in [7, 11) is 0. The fourth-order valence-electron chi connectivity index (χ4n) is 3.82. The number of aryl methyl sites for hydroxylation is 1. The Morgan fingerprint density at radius 2 is 1.92 bits per heavy atom. The molecule has 0 unspecified atom stereocenters. The lowest BCUT2D eigenvalue weighted by atomic mass is 10.0. The monoisotopic (exact) mass is 359 g/mol. The van der Waals surface area contributed by atoms with E-state index in [2.05, 4.69) is 41.3 Å². The lowest BCUT2D eigenvalue weighted by Crippen LogP contribution is -3.28. The van der Waals surface area contributed by atoms with Crippen LogP contribution in [0.25, 0.3) is 4.96 Å². The number of benzene rings is 1. The van der Waals surface area contributed by atoms with Crippen LogP contribution in [0.2, 0.25) is 0 Å². The lowest BCUT2D eigenvalue weighted by molar-refractivity contribution is -1.02. The van der Waals surface area contributed by atoms with Gasteiger partial charge < -0.3 is 14.9 Å². The molecule has 4 rings (SSSR count). The molecule has 1 atom stereocenters. The molecule has 1 aliphatic heterocycles. The Morgan fingerprint density at radius 3 is 2.56 bits per heavy atom. The summed E-state index contributed by atoms with van der Waals surface area (Å²) in [6.07, 6.45) is 0. The van der Waals surface area contributed by atoms with Crippen LogP contribution in [-0.2, 0) is 0 Å². The Bertz CT molecular complexity index is 851. The van der Waals surface area contributed by atoms with Gasteiger partial charge in [-0.3, -0.25) is 0 Å². The molecule has 0 saturated carbocycles. The molecule has 3 N–H and O–H groups in total. The summed E-state index contributed by atoms with van der Waals surface area (Å²) in [5.41, 5.74) is 1.24. The van der Waals surface area contributed by atoms with Crippen LogP contribution < -0.4 is 9.80 Å². The molecular weight excluding hydrogens is 334 g/mol. The average molecular weight is 359 g/mol. The molecule has 1 fully saturated rings. The number of nitrogens with zero attached hydrogens (tertiary/aromatic N) is 3. The maximum absolute atomic E-state index is 10.8. The van der Waals surface area contributed by atoms with Crippen LogP contribution in [0.4, 0.5) is 0 Å². The second kappa shape index (κ2) is 6.74. The fraction of sp³-hybridized carbons (Fsp3) is 0.444. The number of piperazine rings is 1. The summed E-state index contributed by atoms with van der Waals surface area (Å²) in [4.78, 5) is 9.35. The standard InChI is InChI=1S/C18H23N5OS/c1-3-21-9-11-22(12-10-21)15(14-7-5-4-6-8-14)16-17(24)23-18(25-16)19-13(2)20-23/h4-8,15,24H,3,9-12H2,1-2H3/p+2/t15-/m0/s1. The van der Waals surface area contributed by atoms with E-state index in [1.54, 1.807) is 20.8 Å². The van der Waals surface area contributed by atoms with Gasteiger partial charge in [0.15, 0.2) is 6.04 Å². The minimum atomic E-state index is 0.133. The van der Waals surface area contributed by atoms with Crippen molar-refractivity contribution in [3.8, 4) is 5.88 Å². The van der Waals surface area contributed by atoms with Crippen molar-refractivity contribution in [1.82, 2.24) is 14.6 Å². The van der Waals surface area contributed by atoms with E-state index in [9.17, 15) is 5.11 Å². The van der Waals surface area contributed by atoms with Crippen molar-refractivity contribution in [2.75, 3.05) is 32.7 Å². The Morgan fingerprint density at radius 1 is 1.20 bits per heavy atom. The van der Waals surface area contributed by atoms with Crippen molar-refractivity contribution in [3.05, 3.63) is 46.6 Å². The van der Waals surface area contributed by atoms with Gasteiger partial charge in [-0.15, -0.1) is 5.10 Å². The predicted octanol–water partition coefficient (Wildman–Crippen LogP) is -0.302. The van der Waals surface area contributed by atoms with Crippen molar-refractivity contribution < 1.29 is 14.9 Å². The highest BCUT2D eigenvalue weighted by atomic mass is 32.1. The normalized spacial score (nSPS) is 22.3. The van der Waals surface area contributed by atoms with Crippen molar-refractivity contribution in [3.63, 3.8) is 0 Å². The second-order valence-electron chi connectivity index (χ2n) is 6.75. The van der Waals surface area contributed by atoms with Gasteiger partial charge in [-0.2, -0.15) is 4.52 Å². The fourth-order valence-corrected chi connectivity index (χ4v) is 5.01. The summed E-state index contributed by atoms with van der Waals surface area (Å²) in [6.45, 7) is 9.86. The van der Waals surface area contributed by atoms with Gasteiger partial charge in [0.05, 0.1) is 6.54 Å². The van der Waals surface area contributed by atoms with Crippen LogP contribution in [0.15, 0.2) is 30.3 Å². The predicted molar refractivity (Wildman–Crippen MR) is 97.5 cm³/mol. The average Bonchev–Trinajstić information content (AvgIpc) is 3.15. The highest BCUT2D eigenvalue weighted by Crippen LogP contribution is 2.34. The Hall–Kier alpha value is -1.96. The maximum Gasteiger partial charge on any atom is 0.235 e. The lowest BCUT2D eigenvalue weighted by Gasteiger charge is -2.34. The number of quaternary nitrogens is 2. The van der Waals surface area contributed by atoms with Crippen LogP contribution in [-0.4, -0.2) is 52.4 Å². The molecule has 0 aliphatic carbocycles. The Labute approximate surface area is 151 Å². The summed E-state index contributed by atoms with van der Waals surface area (Å²) < 4.78 is 1.58. The third-order valence-electron chi connectivity index (χ3n) is 5.21. The molecule has 7 heteroatoms. The van der Waals surface area contributed by atoms with Crippen molar-refractivity contribution in [2.24, 2.45) is 0 Å². The molecule has 1 aliphatic rings. The van der Waals surface area contributed by atoms with E-state index in [0.29, 0.717) is 5.82 Å². The summed E-state index contributed by atoms with van der Waals surface area (Å²) >= 11 is 1.56. The van der Waals surface area contributed by atoms with Gasteiger partial charge in [-0.05, 0) is 13.8 Å². The number of likely N-dealkylation sites (N-methyl/N-ethyl adjacent to an activating group) is 1. The summed E-state index contributed by atoms with van der Waals surface area (Å²) in [5.74, 6) is 0.934. The third-order valence-corrected chi connectivity index (χ3v) is 6.29. The van der Waals surface area contributed by atoms with Crippen LogP contribution in [0.1, 0.15) is 29.2 Å². The second-order valence-corrected chi connectivity index (χ2v) is 7.76. The van der Waals surface area contributed by atoms with Crippen molar-refractivity contribution >= 4 is 16.3 Å². The van der Waals surface area contributed by atoms with Crippen molar-refractivity contribution in [2.45, 2.75) is 19.9 Å². The van der Waals surface area contributed by atoms with E-state index in [0.717, 1.165) is 22.9 Å². The number of thiazole rings is 1. The number of hydrogen-bond acceptors (Lipinski definition) is 4. The molecule has 0 bridgehead atoms. The number of fused-ring (bicyclic) bond motifs is 1. The van der Waals surface area contributed by atoms with Crippen LogP contribution >= 0.6 is 11.3 Å². The van der Waals surface area contributed by atoms with E-state index in [1.165, 1.54) is 30.1 Å². The summed E-state index contributed by atoms with van der Waals surface area (Å²) in [5, 5.41) is 15.1. The van der Waals surface area contributed by atoms with E-state index < -0.39 is 0 Å². The first kappa shape index (κ1) is 16.5. The number of nitrogens with one attached hydrogen (secondary N) is 2. The zero-order valence-corrected chi connectivity index (χ0v) is 15.5. The van der Waals surface area contributed by atoms with Gasteiger partial charge in [0.2, 0.25) is 10.8 Å². The number of hydrogen-bond donors (Lipinski definition) is 3. The minimum absolute atomic E-state index is 0.133.